The molecule has 1 aliphatic rings. The monoisotopic (exact) mass is 392 g/mol. The molecule has 0 unspecified atom stereocenters. The number of esters is 1. The van der Waals surface area contributed by atoms with Crippen LogP contribution in [0, 0.1) is 0 Å². The third-order valence-electron chi connectivity index (χ3n) is 5.60. The molecule has 0 N–H and O–H groups in total. The van der Waals surface area contributed by atoms with Crippen LogP contribution in [0.4, 0.5) is 0 Å². The molecule has 3 heteroatoms. The van der Waals surface area contributed by atoms with Crippen LogP contribution in [0.3, 0.4) is 0 Å². The van der Waals surface area contributed by atoms with E-state index in [4.69, 9.17) is 9.47 Å². The Labute approximate surface area is 175 Å². The first-order valence-corrected chi connectivity index (χ1v) is 9.86. The summed E-state index contributed by atoms with van der Waals surface area (Å²) in [5, 5.41) is 2.00. The van der Waals surface area contributed by atoms with E-state index in [1.54, 1.807) is 6.07 Å². The number of methoxy groups -OCH3 is 1. The predicted molar refractivity (Wildman–Crippen MR) is 119 cm³/mol. The first-order valence-electron chi connectivity index (χ1n) is 9.86. The zero-order valence-electron chi connectivity index (χ0n) is 16.5. The Kier molecular flexibility index (Phi) is 4.36. The van der Waals surface area contributed by atoms with Gasteiger partial charge in [0.05, 0.1) is 12.7 Å². The van der Waals surface area contributed by atoms with Gasteiger partial charge in [-0.3, -0.25) is 0 Å². The molecule has 30 heavy (non-hydrogen) atoms. The lowest BCUT2D eigenvalue weighted by Gasteiger charge is -2.36. The van der Waals surface area contributed by atoms with Crippen LogP contribution in [-0.4, -0.2) is 13.1 Å². The molecule has 1 aliphatic heterocycles. The van der Waals surface area contributed by atoms with Crippen LogP contribution in [-0.2, 0) is 10.3 Å². The molecule has 0 amide bonds. The van der Waals surface area contributed by atoms with E-state index in [1.807, 2.05) is 60.7 Å². The van der Waals surface area contributed by atoms with Crippen molar-refractivity contribution in [3.05, 3.63) is 119 Å². The van der Waals surface area contributed by atoms with E-state index in [9.17, 15) is 4.79 Å². The van der Waals surface area contributed by atoms with Gasteiger partial charge in [0.15, 0.2) is 5.60 Å². The molecule has 0 atom stereocenters. The number of benzene rings is 4. The number of fused-ring (bicyclic) bond motifs is 3. The zero-order chi connectivity index (χ0) is 20.6. The van der Waals surface area contributed by atoms with Crippen molar-refractivity contribution in [3.8, 4) is 5.75 Å². The predicted octanol–water partition coefficient (Wildman–Crippen LogP) is 5.98. The lowest BCUT2D eigenvalue weighted by molar-refractivity contribution is 0.0601. The van der Waals surface area contributed by atoms with E-state index in [1.165, 1.54) is 7.11 Å². The van der Waals surface area contributed by atoms with Gasteiger partial charge in [-0.15, -0.1) is 0 Å². The summed E-state index contributed by atoms with van der Waals surface area (Å²) >= 11 is 0. The van der Waals surface area contributed by atoms with Crippen molar-refractivity contribution in [2.75, 3.05) is 7.11 Å². The van der Waals surface area contributed by atoms with Crippen LogP contribution in [0.15, 0.2) is 97.1 Å². The zero-order valence-corrected chi connectivity index (χ0v) is 16.5. The van der Waals surface area contributed by atoms with Gasteiger partial charge in [0.1, 0.15) is 5.75 Å². The Balaban J connectivity index is 1.67. The van der Waals surface area contributed by atoms with Gasteiger partial charge in [-0.2, -0.15) is 0 Å². The molecule has 4 aromatic rings. The van der Waals surface area contributed by atoms with E-state index in [-0.39, 0.29) is 5.97 Å². The summed E-state index contributed by atoms with van der Waals surface area (Å²) in [6.45, 7) is 0. The molecule has 0 bridgehead atoms. The first kappa shape index (κ1) is 18.2. The van der Waals surface area contributed by atoms with Crippen molar-refractivity contribution >= 4 is 22.8 Å². The van der Waals surface area contributed by atoms with Crippen molar-refractivity contribution < 1.29 is 14.3 Å². The molecule has 1 heterocycles. The second-order valence-electron chi connectivity index (χ2n) is 7.31. The second-order valence-corrected chi connectivity index (χ2v) is 7.31. The topological polar surface area (TPSA) is 35.5 Å². The van der Waals surface area contributed by atoms with E-state index in [0.29, 0.717) is 5.56 Å². The average molecular weight is 392 g/mol. The maximum atomic E-state index is 11.9. The molecule has 0 saturated heterocycles. The SMILES string of the molecule is COC(=O)c1ccc2c3c(ccc2c1)OC(c1ccccc1)(c1ccccc1)C=C3. The van der Waals surface area contributed by atoms with Crippen molar-refractivity contribution in [1.82, 2.24) is 0 Å². The maximum Gasteiger partial charge on any atom is 0.337 e. The Bertz CT molecular complexity index is 1220. The highest BCUT2D eigenvalue weighted by atomic mass is 16.5. The molecule has 4 aromatic carbocycles. The smallest absolute Gasteiger partial charge is 0.337 e. The molecular weight excluding hydrogens is 372 g/mol. The number of hydrogen-bond donors (Lipinski definition) is 0. The summed E-state index contributed by atoms with van der Waals surface area (Å²) in [6.07, 6.45) is 4.24. The van der Waals surface area contributed by atoms with Gasteiger partial charge in [-0.05, 0) is 41.1 Å². The van der Waals surface area contributed by atoms with E-state index >= 15 is 0 Å². The molecule has 0 spiro atoms. The number of carbonyl (C=O) groups excluding carboxylic acids is 1. The van der Waals surface area contributed by atoms with Gasteiger partial charge >= 0.3 is 5.97 Å². The standard InChI is InChI=1S/C27H20O3/c1-29-26(28)20-12-14-23-19(18-20)13-15-25-24(23)16-17-27(30-25,21-8-4-2-5-9-21)22-10-6-3-7-11-22/h2-18H,1H3. The van der Waals surface area contributed by atoms with Crippen LogP contribution >= 0.6 is 0 Å². The number of hydrogen-bond acceptors (Lipinski definition) is 3. The van der Waals surface area contributed by atoms with Crippen LogP contribution < -0.4 is 4.74 Å². The van der Waals surface area contributed by atoms with Crippen molar-refractivity contribution in [1.29, 1.82) is 0 Å². The lowest BCUT2D eigenvalue weighted by Crippen LogP contribution is -2.34. The summed E-state index contributed by atoms with van der Waals surface area (Å²) in [6, 6.07) is 30.0. The fraction of sp³-hybridized carbons (Fsp3) is 0.0741. The van der Waals surface area contributed by atoms with Crippen molar-refractivity contribution in [3.63, 3.8) is 0 Å². The summed E-state index contributed by atoms with van der Waals surface area (Å²) in [7, 11) is 1.39. The van der Waals surface area contributed by atoms with Gasteiger partial charge in [-0.25, -0.2) is 4.79 Å². The minimum absolute atomic E-state index is 0.339. The van der Waals surface area contributed by atoms with Crippen LogP contribution in [0.5, 0.6) is 5.75 Å². The molecule has 0 aromatic heterocycles. The number of carbonyl (C=O) groups is 1. The van der Waals surface area contributed by atoms with E-state index in [0.717, 1.165) is 33.2 Å². The van der Waals surface area contributed by atoms with Crippen LogP contribution in [0.2, 0.25) is 0 Å². The Morgan fingerprint density at radius 1 is 0.833 bits per heavy atom. The van der Waals surface area contributed by atoms with E-state index in [2.05, 4.69) is 36.4 Å². The van der Waals surface area contributed by atoms with Gasteiger partial charge in [-0.1, -0.05) is 72.8 Å². The minimum atomic E-state index is -0.699. The maximum absolute atomic E-state index is 11.9. The summed E-state index contributed by atoms with van der Waals surface area (Å²) in [4.78, 5) is 11.9. The highest BCUT2D eigenvalue weighted by Crippen LogP contribution is 2.44. The number of rotatable bonds is 3. The third-order valence-corrected chi connectivity index (χ3v) is 5.60. The summed E-state index contributed by atoms with van der Waals surface area (Å²) < 4.78 is 11.6. The van der Waals surface area contributed by atoms with Crippen LogP contribution in [0.25, 0.3) is 16.8 Å². The molecule has 0 radical (unpaired) electrons. The quantitative estimate of drug-likeness (QED) is 0.403. The molecule has 0 saturated carbocycles. The van der Waals surface area contributed by atoms with E-state index < -0.39 is 5.60 Å². The Hall–Kier alpha value is -3.85. The van der Waals surface area contributed by atoms with Crippen LogP contribution in [0.1, 0.15) is 27.0 Å². The summed E-state index contributed by atoms with van der Waals surface area (Å²) in [5.74, 6) is 0.470. The van der Waals surface area contributed by atoms with Crippen molar-refractivity contribution in [2.45, 2.75) is 5.60 Å². The highest BCUT2D eigenvalue weighted by molar-refractivity contribution is 5.99. The fourth-order valence-corrected chi connectivity index (χ4v) is 4.10. The fourth-order valence-electron chi connectivity index (χ4n) is 4.10. The minimum Gasteiger partial charge on any atom is -0.473 e. The summed E-state index contributed by atoms with van der Waals surface area (Å²) in [5.41, 5.74) is 2.98. The molecular formula is C27H20O3. The Morgan fingerprint density at radius 3 is 2.13 bits per heavy atom. The molecule has 146 valence electrons. The van der Waals surface area contributed by atoms with Gasteiger partial charge in [0.2, 0.25) is 0 Å². The van der Waals surface area contributed by atoms with Gasteiger partial charge in [0.25, 0.3) is 0 Å². The number of ether oxygens (including phenoxy) is 2. The molecule has 0 aliphatic carbocycles. The first-order chi connectivity index (χ1) is 14.7. The molecule has 0 fully saturated rings. The highest BCUT2D eigenvalue weighted by Gasteiger charge is 2.37. The second kappa shape index (κ2) is 7.20. The molecule has 3 nitrogen and oxygen atoms in total. The molecule has 5 rings (SSSR count). The van der Waals surface area contributed by atoms with Crippen molar-refractivity contribution in [2.24, 2.45) is 0 Å². The Morgan fingerprint density at radius 2 is 1.50 bits per heavy atom. The van der Waals surface area contributed by atoms with Gasteiger partial charge in [0, 0.05) is 16.7 Å². The van der Waals surface area contributed by atoms with Gasteiger partial charge < -0.3 is 9.47 Å². The largest absolute Gasteiger partial charge is 0.473 e. The third kappa shape index (κ3) is 2.87. The normalized spacial score (nSPS) is 14.0. The average Bonchev–Trinajstić information content (AvgIpc) is 2.83. The lowest BCUT2D eigenvalue weighted by atomic mass is 9.83.